The van der Waals surface area contributed by atoms with Crippen molar-refractivity contribution in [1.29, 1.82) is 0 Å². The molecule has 0 atom stereocenters. The second-order valence-electron chi connectivity index (χ2n) is 3.50. The van der Waals surface area contributed by atoms with Gasteiger partial charge in [0.15, 0.2) is 0 Å². The van der Waals surface area contributed by atoms with E-state index in [2.05, 4.69) is 22.9 Å². The Morgan fingerprint density at radius 1 is 1.30 bits per heavy atom. The Morgan fingerprint density at radius 3 is 2.50 bits per heavy atom. The van der Waals surface area contributed by atoms with Crippen LogP contribution in [0.1, 0.15) is 39.0 Å². The highest BCUT2D eigenvalue weighted by Gasteiger charge is 2.26. The molecule has 1 fully saturated rings. The highest BCUT2D eigenvalue weighted by Crippen LogP contribution is 2.37. The maximum atomic E-state index is 3.52. The van der Waals surface area contributed by atoms with Gasteiger partial charge in [0.1, 0.15) is 0 Å². The molecule has 1 rings (SSSR count). The van der Waals surface area contributed by atoms with Gasteiger partial charge in [0, 0.05) is 5.33 Å². The monoisotopic (exact) mass is 204 g/mol. The van der Waals surface area contributed by atoms with Crippen molar-refractivity contribution in [3.63, 3.8) is 0 Å². The van der Waals surface area contributed by atoms with Gasteiger partial charge in [-0.25, -0.2) is 0 Å². The van der Waals surface area contributed by atoms with Crippen molar-refractivity contribution < 1.29 is 0 Å². The lowest BCUT2D eigenvalue weighted by Crippen LogP contribution is -2.24. The van der Waals surface area contributed by atoms with Gasteiger partial charge >= 0.3 is 0 Å². The lowest BCUT2D eigenvalue weighted by molar-refractivity contribution is 0.201. The van der Waals surface area contributed by atoms with E-state index < -0.39 is 0 Å². The molecular weight excluding hydrogens is 188 g/mol. The second kappa shape index (κ2) is 4.38. The first-order valence-electron chi connectivity index (χ1n) is 4.42. The van der Waals surface area contributed by atoms with Gasteiger partial charge in [-0.15, -0.1) is 0 Å². The second-order valence-corrected chi connectivity index (χ2v) is 4.15. The predicted molar refractivity (Wildman–Crippen MR) is 49.5 cm³/mol. The Bertz CT molecular complexity index is 82.0. The molecule has 0 aliphatic heterocycles. The molecule has 10 heavy (non-hydrogen) atoms. The molecular formula is C9H17Br. The van der Waals surface area contributed by atoms with Crippen LogP contribution in [0.3, 0.4) is 0 Å². The minimum Gasteiger partial charge on any atom is -0.0925 e. The number of halogens is 1. The zero-order valence-corrected chi connectivity index (χ0v) is 8.36. The summed E-state index contributed by atoms with van der Waals surface area (Å²) in [5.74, 6) is 2.10. The minimum atomic E-state index is 1.02. The Balaban J connectivity index is 1.93. The highest BCUT2D eigenvalue weighted by atomic mass is 79.9. The van der Waals surface area contributed by atoms with Gasteiger partial charge < -0.3 is 0 Å². The first-order chi connectivity index (χ1) is 4.86. The molecule has 0 spiro atoms. The topological polar surface area (TPSA) is 0 Å². The average molecular weight is 205 g/mol. The summed E-state index contributed by atoms with van der Waals surface area (Å²) >= 11 is 3.52. The average Bonchev–Trinajstić information content (AvgIpc) is 1.86. The molecule has 0 heterocycles. The third-order valence-corrected chi connectivity index (χ3v) is 3.43. The van der Waals surface area contributed by atoms with E-state index in [0.717, 1.165) is 11.8 Å². The SMILES string of the molecule is CCCCC1CC(CBr)C1. The first-order valence-corrected chi connectivity index (χ1v) is 5.55. The van der Waals surface area contributed by atoms with Crippen LogP contribution in [0, 0.1) is 11.8 Å². The Kier molecular flexibility index (Phi) is 3.75. The van der Waals surface area contributed by atoms with Crippen LogP contribution in [-0.4, -0.2) is 5.33 Å². The van der Waals surface area contributed by atoms with Crippen molar-refractivity contribution >= 4 is 15.9 Å². The smallest absolute Gasteiger partial charge is 0.00598 e. The van der Waals surface area contributed by atoms with Crippen LogP contribution in [0.4, 0.5) is 0 Å². The van der Waals surface area contributed by atoms with E-state index in [9.17, 15) is 0 Å². The molecule has 1 saturated carbocycles. The van der Waals surface area contributed by atoms with E-state index in [4.69, 9.17) is 0 Å². The van der Waals surface area contributed by atoms with Crippen LogP contribution in [-0.2, 0) is 0 Å². The highest BCUT2D eigenvalue weighted by molar-refractivity contribution is 9.09. The van der Waals surface area contributed by atoms with E-state index in [1.165, 1.54) is 37.4 Å². The Hall–Kier alpha value is 0.480. The Labute approximate surface area is 72.5 Å². The van der Waals surface area contributed by atoms with Crippen molar-refractivity contribution in [2.75, 3.05) is 5.33 Å². The summed E-state index contributed by atoms with van der Waals surface area (Å²) < 4.78 is 0. The van der Waals surface area contributed by atoms with Crippen molar-refractivity contribution in [2.45, 2.75) is 39.0 Å². The molecule has 0 unspecified atom stereocenters. The quantitative estimate of drug-likeness (QED) is 0.615. The fraction of sp³-hybridized carbons (Fsp3) is 1.00. The third kappa shape index (κ3) is 2.26. The molecule has 0 radical (unpaired) electrons. The normalized spacial score (nSPS) is 31.8. The van der Waals surface area contributed by atoms with Crippen molar-refractivity contribution in [3.8, 4) is 0 Å². The lowest BCUT2D eigenvalue weighted by atomic mass is 9.74. The molecule has 1 aliphatic carbocycles. The number of hydrogen-bond donors (Lipinski definition) is 0. The fourth-order valence-electron chi connectivity index (χ4n) is 1.73. The van der Waals surface area contributed by atoms with Crippen LogP contribution in [0.2, 0.25) is 0 Å². The van der Waals surface area contributed by atoms with E-state index >= 15 is 0 Å². The maximum Gasteiger partial charge on any atom is 0.00598 e. The van der Waals surface area contributed by atoms with Crippen LogP contribution in [0.5, 0.6) is 0 Å². The summed E-state index contributed by atoms with van der Waals surface area (Å²) in [4.78, 5) is 0. The molecule has 0 amide bonds. The molecule has 0 N–H and O–H groups in total. The number of alkyl halides is 1. The minimum absolute atomic E-state index is 1.02. The molecule has 0 aromatic carbocycles. The fourth-order valence-corrected chi connectivity index (χ4v) is 2.26. The van der Waals surface area contributed by atoms with Gasteiger partial charge in [0.2, 0.25) is 0 Å². The van der Waals surface area contributed by atoms with Gasteiger partial charge in [-0.1, -0.05) is 42.1 Å². The molecule has 60 valence electrons. The molecule has 0 bridgehead atoms. The zero-order chi connectivity index (χ0) is 7.40. The maximum absolute atomic E-state index is 3.52. The summed E-state index contributed by atoms with van der Waals surface area (Å²) in [5, 5.41) is 1.23. The van der Waals surface area contributed by atoms with Crippen LogP contribution >= 0.6 is 15.9 Å². The zero-order valence-electron chi connectivity index (χ0n) is 6.78. The van der Waals surface area contributed by atoms with Gasteiger partial charge in [-0.05, 0) is 24.7 Å². The van der Waals surface area contributed by atoms with Gasteiger partial charge in [-0.2, -0.15) is 0 Å². The Morgan fingerprint density at radius 2 is 2.00 bits per heavy atom. The first kappa shape index (κ1) is 8.58. The third-order valence-electron chi connectivity index (χ3n) is 2.52. The van der Waals surface area contributed by atoms with E-state index in [0.29, 0.717) is 0 Å². The van der Waals surface area contributed by atoms with Crippen molar-refractivity contribution in [3.05, 3.63) is 0 Å². The summed E-state index contributed by atoms with van der Waals surface area (Å²) in [6, 6.07) is 0. The number of rotatable bonds is 4. The summed E-state index contributed by atoms with van der Waals surface area (Å²) in [5.41, 5.74) is 0. The number of hydrogen-bond acceptors (Lipinski definition) is 0. The number of unbranched alkanes of at least 4 members (excludes halogenated alkanes) is 1. The van der Waals surface area contributed by atoms with Crippen molar-refractivity contribution in [2.24, 2.45) is 11.8 Å². The molecule has 1 aliphatic rings. The molecule has 0 saturated heterocycles. The van der Waals surface area contributed by atoms with Crippen LogP contribution in [0.15, 0.2) is 0 Å². The molecule has 0 nitrogen and oxygen atoms in total. The standard InChI is InChI=1S/C9H17Br/c1-2-3-4-8-5-9(6-8)7-10/h8-9H,2-7H2,1H3. The van der Waals surface area contributed by atoms with Crippen LogP contribution < -0.4 is 0 Å². The van der Waals surface area contributed by atoms with E-state index in [1.54, 1.807) is 0 Å². The van der Waals surface area contributed by atoms with Gasteiger partial charge in [-0.3, -0.25) is 0 Å². The van der Waals surface area contributed by atoms with E-state index in [1.807, 2.05) is 0 Å². The predicted octanol–water partition coefficient (Wildman–Crippen LogP) is 3.60. The van der Waals surface area contributed by atoms with Gasteiger partial charge in [0.25, 0.3) is 0 Å². The van der Waals surface area contributed by atoms with Crippen LogP contribution in [0.25, 0.3) is 0 Å². The van der Waals surface area contributed by atoms with Gasteiger partial charge in [0.05, 0.1) is 0 Å². The molecule has 0 aromatic heterocycles. The van der Waals surface area contributed by atoms with E-state index in [-0.39, 0.29) is 0 Å². The largest absolute Gasteiger partial charge is 0.0925 e. The van der Waals surface area contributed by atoms with Crippen molar-refractivity contribution in [1.82, 2.24) is 0 Å². The lowest BCUT2D eigenvalue weighted by Gasteiger charge is -2.34. The molecule has 0 aromatic rings. The summed E-state index contributed by atoms with van der Waals surface area (Å²) in [6.07, 6.45) is 7.28. The molecule has 1 heteroatoms. The summed E-state index contributed by atoms with van der Waals surface area (Å²) in [6.45, 7) is 2.28. The summed E-state index contributed by atoms with van der Waals surface area (Å²) in [7, 11) is 0.